The van der Waals surface area contributed by atoms with Gasteiger partial charge in [-0.25, -0.2) is 4.79 Å². The molecule has 5 heteroatoms. The molecule has 0 unspecified atom stereocenters. The van der Waals surface area contributed by atoms with E-state index in [-0.39, 0.29) is 12.2 Å². The van der Waals surface area contributed by atoms with Crippen LogP contribution in [0, 0.1) is 5.41 Å². The maximum atomic E-state index is 12.3. The van der Waals surface area contributed by atoms with Crippen molar-refractivity contribution in [2.45, 2.75) is 46.6 Å². The fourth-order valence-corrected chi connectivity index (χ4v) is 3.58. The number of allylic oxidation sites excluding steroid dienone is 3. The Labute approximate surface area is 136 Å². The molecule has 0 heterocycles. The first kappa shape index (κ1) is 18.7. The molecule has 1 rings (SSSR count). The highest BCUT2D eigenvalue weighted by atomic mass is 32.2. The lowest BCUT2D eigenvalue weighted by Crippen LogP contribution is -2.49. The maximum Gasteiger partial charge on any atom is 0.328 e. The van der Waals surface area contributed by atoms with Crippen LogP contribution in [-0.4, -0.2) is 33.3 Å². The first-order valence-corrected chi connectivity index (χ1v) is 8.24. The van der Waals surface area contributed by atoms with E-state index in [2.05, 4.69) is 0 Å². The monoisotopic (exact) mass is 324 g/mol. The third-order valence-electron chi connectivity index (χ3n) is 4.03. The zero-order valence-electron chi connectivity index (χ0n) is 13.8. The third-order valence-corrected chi connectivity index (χ3v) is 5.14. The fourth-order valence-electron chi connectivity index (χ4n) is 2.68. The van der Waals surface area contributed by atoms with Gasteiger partial charge in [0.05, 0.1) is 4.91 Å². The highest BCUT2D eigenvalue weighted by Crippen LogP contribution is 2.48. The quantitative estimate of drug-likeness (QED) is 0.599. The zero-order valence-corrected chi connectivity index (χ0v) is 14.6. The van der Waals surface area contributed by atoms with Gasteiger partial charge in [0.2, 0.25) is 0 Å². The number of aliphatic carboxylic acids is 1. The van der Waals surface area contributed by atoms with E-state index in [1.54, 1.807) is 26.0 Å². The molecule has 0 radical (unpaired) electrons. The number of hydrogen-bond acceptors (Lipinski definition) is 4. The summed E-state index contributed by atoms with van der Waals surface area (Å²) in [5.41, 5.74) is -0.746. The van der Waals surface area contributed by atoms with E-state index >= 15 is 0 Å². The van der Waals surface area contributed by atoms with Crippen LogP contribution in [-0.2, 0) is 9.59 Å². The van der Waals surface area contributed by atoms with Crippen LogP contribution in [0.25, 0.3) is 0 Å². The van der Waals surface area contributed by atoms with Crippen LogP contribution < -0.4 is 0 Å². The maximum absolute atomic E-state index is 12.3. The van der Waals surface area contributed by atoms with E-state index in [1.807, 2.05) is 20.8 Å². The Kier molecular flexibility index (Phi) is 5.82. The fraction of sp³-hybridized carbons (Fsp3) is 0.529. The van der Waals surface area contributed by atoms with Crippen LogP contribution in [0.3, 0.4) is 0 Å². The molecule has 22 heavy (non-hydrogen) atoms. The lowest BCUT2D eigenvalue weighted by atomic mass is 9.64. The number of carbonyl (C=O) groups is 2. The van der Waals surface area contributed by atoms with E-state index in [0.29, 0.717) is 16.1 Å². The average Bonchev–Trinajstić information content (AvgIpc) is 2.38. The average molecular weight is 324 g/mol. The van der Waals surface area contributed by atoms with Crippen molar-refractivity contribution in [2.24, 2.45) is 5.41 Å². The number of aliphatic hydroxyl groups is 1. The van der Waals surface area contributed by atoms with Crippen molar-refractivity contribution in [1.29, 1.82) is 0 Å². The number of ketones is 1. The lowest BCUT2D eigenvalue weighted by molar-refractivity contribution is -0.131. The summed E-state index contributed by atoms with van der Waals surface area (Å²) in [7, 11) is 0. The summed E-state index contributed by atoms with van der Waals surface area (Å²) >= 11 is 1.44. The van der Waals surface area contributed by atoms with Crippen molar-refractivity contribution in [3.05, 3.63) is 34.3 Å². The first-order valence-electron chi connectivity index (χ1n) is 7.25. The van der Waals surface area contributed by atoms with Gasteiger partial charge in [0.15, 0.2) is 5.78 Å². The smallest absolute Gasteiger partial charge is 0.328 e. The zero-order chi connectivity index (χ0) is 17.1. The molecule has 0 aliphatic heterocycles. The van der Waals surface area contributed by atoms with Crippen molar-refractivity contribution in [1.82, 2.24) is 0 Å². The first-order chi connectivity index (χ1) is 10.0. The van der Waals surface area contributed by atoms with Crippen LogP contribution in [0.2, 0.25) is 0 Å². The molecule has 2 N–H and O–H groups in total. The number of Topliss-reactive ketones (excluding diaryl/α,β-unsaturated/α-hetero) is 1. The molecule has 0 fully saturated rings. The Morgan fingerprint density at radius 1 is 1.41 bits per heavy atom. The Morgan fingerprint density at radius 3 is 2.50 bits per heavy atom. The number of rotatable bonds is 5. The van der Waals surface area contributed by atoms with Crippen molar-refractivity contribution in [2.75, 3.05) is 5.75 Å². The minimum absolute atomic E-state index is 0.0604. The number of thioether (sulfide) groups is 1. The van der Waals surface area contributed by atoms with Crippen LogP contribution >= 0.6 is 11.8 Å². The van der Waals surface area contributed by atoms with Gasteiger partial charge in [-0.3, -0.25) is 4.79 Å². The summed E-state index contributed by atoms with van der Waals surface area (Å²) in [6.07, 6.45) is 4.56. The van der Waals surface area contributed by atoms with Crippen molar-refractivity contribution in [3.8, 4) is 0 Å². The molecule has 4 nitrogen and oxygen atoms in total. The molecule has 0 aromatic heterocycles. The molecule has 0 saturated heterocycles. The molecule has 0 amide bonds. The van der Waals surface area contributed by atoms with Crippen molar-refractivity contribution in [3.63, 3.8) is 0 Å². The van der Waals surface area contributed by atoms with Gasteiger partial charge in [0.25, 0.3) is 0 Å². The normalized spacial score (nSPS) is 25.9. The third kappa shape index (κ3) is 3.70. The minimum atomic E-state index is -1.27. The van der Waals surface area contributed by atoms with Crippen molar-refractivity contribution >= 4 is 23.5 Å². The van der Waals surface area contributed by atoms with Gasteiger partial charge in [-0.2, -0.15) is 0 Å². The molecule has 1 aliphatic carbocycles. The summed E-state index contributed by atoms with van der Waals surface area (Å²) < 4.78 is 0. The molecule has 0 saturated carbocycles. The SMILES string of the molecule is CCSC1=C(C)[C@](O)(/C=C/C(C)=C\C(=O)O)C(C)(C)CC1=O. The second-order valence-corrected chi connectivity index (χ2v) is 7.47. The minimum Gasteiger partial charge on any atom is -0.478 e. The van der Waals surface area contributed by atoms with E-state index in [1.165, 1.54) is 11.8 Å². The predicted molar refractivity (Wildman–Crippen MR) is 89.7 cm³/mol. The summed E-state index contributed by atoms with van der Waals surface area (Å²) in [4.78, 5) is 23.6. The Morgan fingerprint density at radius 2 is 2.00 bits per heavy atom. The summed E-state index contributed by atoms with van der Waals surface area (Å²) in [5.74, 6) is -0.205. The molecule has 0 aromatic rings. The largest absolute Gasteiger partial charge is 0.478 e. The second-order valence-electron chi connectivity index (χ2n) is 6.20. The van der Waals surface area contributed by atoms with E-state index < -0.39 is 17.0 Å². The Bertz CT molecular complexity index is 569. The molecule has 0 spiro atoms. The molecule has 122 valence electrons. The van der Waals surface area contributed by atoms with Crippen LogP contribution in [0.15, 0.2) is 34.3 Å². The van der Waals surface area contributed by atoms with E-state index in [4.69, 9.17) is 5.11 Å². The molecule has 1 atom stereocenters. The van der Waals surface area contributed by atoms with Gasteiger partial charge in [-0.1, -0.05) is 26.8 Å². The van der Waals surface area contributed by atoms with Gasteiger partial charge in [0.1, 0.15) is 5.60 Å². The topological polar surface area (TPSA) is 74.6 Å². The lowest BCUT2D eigenvalue weighted by Gasteiger charge is -2.45. The van der Waals surface area contributed by atoms with Gasteiger partial charge >= 0.3 is 5.97 Å². The number of carboxylic acids is 1. The van der Waals surface area contributed by atoms with Crippen LogP contribution in [0.4, 0.5) is 0 Å². The van der Waals surface area contributed by atoms with E-state index in [9.17, 15) is 14.7 Å². The molecular formula is C17H24O4S. The number of carboxylic acid groups (broad SMARTS) is 1. The van der Waals surface area contributed by atoms with E-state index in [0.717, 1.165) is 11.8 Å². The van der Waals surface area contributed by atoms with Gasteiger partial charge < -0.3 is 10.2 Å². The standard InChI is InChI=1S/C17H24O4S/c1-6-22-15-12(3)17(21,16(4,5)10-13(15)18)8-7-11(2)9-14(19)20/h7-9,21H,6,10H2,1-5H3,(H,19,20)/b8-7+,11-9-/t17-/m1/s1. The molecule has 0 bridgehead atoms. The Balaban J connectivity index is 3.34. The highest BCUT2D eigenvalue weighted by molar-refractivity contribution is 8.04. The number of hydrogen-bond donors (Lipinski definition) is 2. The summed E-state index contributed by atoms with van der Waals surface area (Å²) in [5, 5.41) is 19.9. The molecular weight excluding hydrogens is 300 g/mol. The van der Waals surface area contributed by atoms with Gasteiger partial charge in [-0.05, 0) is 36.8 Å². The van der Waals surface area contributed by atoms with Crippen LogP contribution in [0.5, 0.6) is 0 Å². The Hall–Kier alpha value is -1.33. The van der Waals surface area contributed by atoms with Gasteiger partial charge in [0, 0.05) is 17.9 Å². The highest BCUT2D eigenvalue weighted by Gasteiger charge is 2.49. The second kappa shape index (κ2) is 6.84. The molecule has 0 aromatic carbocycles. The van der Waals surface area contributed by atoms with Crippen molar-refractivity contribution < 1.29 is 19.8 Å². The molecule has 1 aliphatic rings. The number of carbonyl (C=O) groups excluding carboxylic acids is 1. The predicted octanol–water partition coefficient (Wildman–Crippen LogP) is 3.33. The summed E-state index contributed by atoms with van der Waals surface area (Å²) in [6, 6.07) is 0. The summed E-state index contributed by atoms with van der Waals surface area (Å²) in [6.45, 7) is 9.10. The van der Waals surface area contributed by atoms with Gasteiger partial charge in [-0.15, -0.1) is 11.8 Å². The van der Waals surface area contributed by atoms with Crippen LogP contribution in [0.1, 0.15) is 41.0 Å².